The van der Waals surface area contributed by atoms with Crippen molar-refractivity contribution in [3.8, 4) is 0 Å². The lowest BCUT2D eigenvalue weighted by molar-refractivity contribution is 0.385. The third-order valence-electron chi connectivity index (χ3n) is 3.45. The Balaban J connectivity index is 2.32. The van der Waals surface area contributed by atoms with E-state index in [-0.39, 0.29) is 0 Å². The van der Waals surface area contributed by atoms with Gasteiger partial charge in [-0.15, -0.1) is 0 Å². The van der Waals surface area contributed by atoms with Crippen LogP contribution in [-0.2, 0) is 0 Å². The Bertz CT molecular complexity index is 167. The number of hydrogen-bond donors (Lipinski definition) is 0. The minimum atomic E-state index is 0.904. The average molecular weight is 180 g/mol. The molecule has 0 saturated heterocycles. The van der Waals surface area contributed by atoms with Crippen molar-refractivity contribution < 1.29 is 0 Å². The molecule has 0 aromatic heterocycles. The average Bonchev–Trinajstić information content (AvgIpc) is 2.62. The summed E-state index contributed by atoms with van der Waals surface area (Å²) in [7, 11) is 0. The molecule has 1 aliphatic rings. The zero-order valence-corrected chi connectivity index (χ0v) is 9.47. The molecule has 1 rings (SSSR count). The summed E-state index contributed by atoms with van der Waals surface area (Å²) in [4.78, 5) is 0. The molecule has 2 unspecified atom stereocenters. The molecule has 0 fully saturated rings. The Labute approximate surface area is 83.4 Å². The van der Waals surface area contributed by atoms with E-state index in [1.807, 2.05) is 0 Å². The summed E-state index contributed by atoms with van der Waals surface area (Å²) < 4.78 is 0. The van der Waals surface area contributed by atoms with E-state index in [4.69, 9.17) is 0 Å². The molecule has 0 spiro atoms. The number of hydrogen-bond acceptors (Lipinski definition) is 0. The third kappa shape index (κ3) is 3.17. The molecule has 2 atom stereocenters. The summed E-state index contributed by atoms with van der Waals surface area (Å²) in [5.41, 5.74) is 1.70. The normalized spacial score (nSPS) is 24.5. The molecule has 1 aliphatic carbocycles. The summed E-state index contributed by atoms with van der Waals surface area (Å²) in [5.74, 6) is 1.82. The summed E-state index contributed by atoms with van der Waals surface area (Å²) >= 11 is 0. The first-order chi connectivity index (χ1) is 6.27. The Morgan fingerprint density at radius 1 is 1.46 bits per heavy atom. The molecule has 0 aromatic carbocycles. The summed E-state index contributed by atoms with van der Waals surface area (Å²) in [6.07, 6.45) is 10.8. The van der Waals surface area contributed by atoms with E-state index >= 15 is 0 Å². The van der Waals surface area contributed by atoms with Gasteiger partial charge in [0.2, 0.25) is 0 Å². The molecule has 0 aliphatic heterocycles. The first-order valence-corrected chi connectivity index (χ1v) is 5.97. The van der Waals surface area contributed by atoms with Gasteiger partial charge in [0.25, 0.3) is 0 Å². The van der Waals surface area contributed by atoms with Crippen LogP contribution in [0.5, 0.6) is 0 Å². The van der Waals surface area contributed by atoms with Crippen molar-refractivity contribution in [2.75, 3.05) is 0 Å². The van der Waals surface area contributed by atoms with Crippen molar-refractivity contribution in [1.82, 2.24) is 0 Å². The molecule has 0 saturated carbocycles. The maximum atomic E-state index is 2.56. The topological polar surface area (TPSA) is 0 Å². The van der Waals surface area contributed by atoms with E-state index in [9.17, 15) is 0 Å². The van der Waals surface area contributed by atoms with Crippen molar-refractivity contribution in [1.29, 1.82) is 0 Å². The van der Waals surface area contributed by atoms with Gasteiger partial charge in [-0.25, -0.2) is 0 Å². The highest BCUT2D eigenvalue weighted by Crippen LogP contribution is 2.33. The monoisotopic (exact) mass is 180 g/mol. The minimum absolute atomic E-state index is 0.904. The van der Waals surface area contributed by atoms with Crippen LogP contribution in [0.25, 0.3) is 0 Å². The van der Waals surface area contributed by atoms with Crippen molar-refractivity contribution in [3.05, 3.63) is 11.6 Å². The summed E-state index contributed by atoms with van der Waals surface area (Å²) in [5, 5.41) is 0. The van der Waals surface area contributed by atoms with Crippen molar-refractivity contribution in [2.24, 2.45) is 11.8 Å². The van der Waals surface area contributed by atoms with E-state index < -0.39 is 0 Å². The SMILES string of the molecule is CCCCC(C)C1C=C(CC)CC1. The van der Waals surface area contributed by atoms with Crippen LogP contribution < -0.4 is 0 Å². The first-order valence-electron chi connectivity index (χ1n) is 5.97. The van der Waals surface area contributed by atoms with Crippen LogP contribution in [0.2, 0.25) is 0 Å². The lowest BCUT2D eigenvalue weighted by atomic mass is 9.89. The van der Waals surface area contributed by atoms with Gasteiger partial charge in [-0.1, -0.05) is 51.7 Å². The fourth-order valence-corrected chi connectivity index (χ4v) is 2.31. The second-order valence-corrected chi connectivity index (χ2v) is 4.50. The van der Waals surface area contributed by atoms with Gasteiger partial charge in [0.1, 0.15) is 0 Å². The van der Waals surface area contributed by atoms with Crippen LogP contribution in [-0.4, -0.2) is 0 Å². The van der Waals surface area contributed by atoms with Gasteiger partial charge in [-0.2, -0.15) is 0 Å². The highest BCUT2D eigenvalue weighted by atomic mass is 14.2. The van der Waals surface area contributed by atoms with Gasteiger partial charge in [-0.05, 0) is 31.1 Å². The van der Waals surface area contributed by atoms with Crippen LogP contribution in [0.3, 0.4) is 0 Å². The summed E-state index contributed by atoms with van der Waals surface area (Å²) in [6.45, 7) is 7.00. The lowest BCUT2D eigenvalue weighted by Gasteiger charge is -2.16. The Morgan fingerprint density at radius 3 is 2.77 bits per heavy atom. The van der Waals surface area contributed by atoms with Gasteiger partial charge >= 0.3 is 0 Å². The van der Waals surface area contributed by atoms with E-state index in [0.717, 1.165) is 11.8 Å². The highest BCUT2D eigenvalue weighted by molar-refractivity contribution is 5.11. The molecule has 0 bridgehead atoms. The van der Waals surface area contributed by atoms with Gasteiger partial charge in [0.15, 0.2) is 0 Å². The van der Waals surface area contributed by atoms with Gasteiger partial charge < -0.3 is 0 Å². The predicted octanol–water partition coefficient (Wildman–Crippen LogP) is 4.56. The third-order valence-corrected chi connectivity index (χ3v) is 3.45. The fraction of sp³-hybridized carbons (Fsp3) is 0.846. The van der Waals surface area contributed by atoms with Crippen molar-refractivity contribution in [2.45, 2.75) is 59.3 Å². The molecule has 0 N–H and O–H groups in total. The Kier molecular flexibility index (Phi) is 4.55. The molecule has 76 valence electrons. The smallest absolute Gasteiger partial charge is 0.0202 e. The zero-order valence-electron chi connectivity index (χ0n) is 9.47. The fourth-order valence-electron chi connectivity index (χ4n) is 2.31. The second kappa shape index (κ2) is 5.47. The van der Waals surface area contributed by atoms with Crippen LogP contribution in [0.15, 0.2) is 11.6 Å². The highest BCUT2D eigenvalue weighted by Gasteiger charge is 2.19. The molecule has 0 amide bonds. The van der Waals surface area contributed by atoms with Gasteiger partial charge in [0, 0.05) is 0 Å². The summed E-state index contributed by atoms with van der Waals surface area (Å²) in [6, 6.07) is 0. The van der Waals surface area contributed by atoms with E-state index in [1.54, 1.807) is 5.57 Å². The number of rotatable bonds is 5. The first kappa shape index (κ1) is 10.8. The standard InChI is InChI=1S/C13H24/c1-4-6-7-11(3)13-9-8-12(5-2)10-13/h10-11,13H,4-9H2,1-3H3. The zero-order chi connectivity index (χ0) is 9.68. The van der Waals surface area contributed by atoms with Crippen LogP contribution >= 0.6 is 0 Å². The molecule has 0 radical (unpaired) electrons. The molecule has 13 heavy (non-hydrogen) atoms. The maximum Gasteiger partial charge on any atom is -0.0202 e. The Hall–Kier alpha value is -0.260. The minimum Gasteiger partial charge on any atom is -0.0819 e. The molecule has 0 heterocycles. The number of allylic oxidation sites excluding steroid dienone is 2. The molecular weight excluding hydrogens is 156 g/mol. The predicted molar refractivity (Wildman–Crippen MR) is 59.8 cm³/mol. The van der Waals surface area contributed by atoms with Gasteiger partial charge in [-0.3, -0.25) is 0 Å². The van der Waals surface area contributed by atoms with Gasteiger partial charge in [0.05, 0.1) is 0 Å². The molecule has 0 aromatic rings. The van der Waals surface area contributed by atoms with E-state index in [0.29, 0.717) is 0 Å². The Morgan fingerprint density at radius 2 is 2.23 bits per heavy atom. The largest absolute Gasteiger partial charge is 0.0819 e. The second-order valence-electron chi connectivity index (χ2n) is 4.50. The van der Waals surface area contributed by atoms with Crippen molar-refractivity contribution >= 4 is 0 Å². The molecule has 0 heteroatoms. The van der Waals surface area contributed by atoms with Crippen LogP contribution in [0.4, 0.5) is 0 Å². The molecular formula is C13H24. The molecule has 0 nitrogen and oxygen atoms in total. The lowest BCUT2D eigenvalue weighted by Crippen LogP contribution is -2.06. The number of unbranched alkanes of at least 4 members (excludes halogenated alkanes) is 1. The maximum absolute atomic E-state index is 2.56. The quantitative estimate of drug-likeness (QED) is 0.544. The van der Waals surface area contributed by atoms with E-state index in [1.165, 1.54) is 38.5 Å². The van der Waals surface area contributed by atoms with E-state index in [2.05, 4.69) is 26.8 Å². The van der Waals surface area contributed by atoms with Crippen molar-refractivity contribution in [3.63, 3.8) is 0 Å². The van der Waals surface area contributed by atoms with Crippen LogP contribution in [0.1, 0.15) is 59.3 Å². The van der Waals surface area contributed by atoms with Crippen LogP contribution in [0, 0.1) is 11.8 Å².